The van der Waals surface area contributed by atoms with Crippen LogP contribution in [0.1, 0.15) is 0 Å². The zero-order valence-corrected chi connectivity index (χ0v) is 13.8. The topological polar surface area (TPSA) is 170 Å². The van der Waals surface area contributed by atoms with Gasteiger partial charge in [0.15, 0.2) is 0 Å². The van der Waals surface area contributed by atoms with E-state index in [0.717, 1.165) is 20.9 Å². The van der Waals surface area contributed by atoms with Gasteiger partial charge in [-0.3, -0.25) is 0 Å². The van der Waals surface area contributed by atoms with E-state index >= 15 is 0 Å². The number of nitrogens with two attached hydrogens (primary N) is 4. The van der Waals surface area contributed by atoms with Crippen molar-refractivity contribution in [1.82, 2.24) is 4.57 Å². The molecule has 1 heterocycles. The van der Waals surface area contributed by atoms with Gasteiger partial charge in [-0.1, -0.05) is 18.2 Å². The van der Waals surface area contributed by atoms with Gasteiger partial charge >= 0.3 is 12.1 Å². The summed E-state index contributed by atoms with van der Waals surface area (Å²) >= 11 is 0. The van der Waals surface area contributed by atoms with Crippen LogP contribution in [0.5, 0.6) is 0 Å². The minimum atomic E-state index is -0.862. The van der Waals surface area contributed by atoms with Crippen LogP contribution in [0.4, 0.5) is 21.0 Å². The SMILES string of the molecule is NC(=O)N(N)c1ccc(N(N)C(N)=O)c2c1c1ccccc1n2CCO. The van der Waals surface area contributed by atoms with Gasteiger partial charge in [-0.2, -0.15) is 0 Å². The highest BCUT2D eigenvalue weighted by atomic mass is 16.3. The lowest BCUT2D eigenvalue weighted by Gasteiger charge is -2.21. The zero-order valence-electron chi connectivity index (χ0n) is 13.8. The lowest BCUT2D eigenvalue weighted by molar-refractivity contribution is 0.253. The smallest absolute Gasteiger partial charge is 0.333 e. The number of hydrogen-bond donors (Lipinski definition) is 5. The number of nitrogens with zero attached hydrogens (tertiary/aromatic N) is 3. The van der Waals surface area contributed by atoms with Crippen molar-refractivity contribution < 1.29 is 14.7 Å². The van der Waals surface area contributed by atoms with Gasteiger partial charge in [0.2, 0.25) is 0 Å². The first kappa shape index (κ1) is 17.5. The van der Waals surface area contributed by atoms with Crippen molar-refractivity contribution in [3.8, 4) is 0 Å². The molecule has 10 heteroatoms. The fraction of sp³-hybridized carbons (Fsp3) is 0.125. The molecule has 0 fully saturated rings. The van der Waals surface area contributed by atoms with Crippen LogP contribution in [-0.4, -0.2) is 28.3 Å². The number of anilines is 2. The summed E-state index contributed by atoms with van der Waals surface area (Å²) in [6.07, 6.45) is 0. The van der Waals surface area contributed by atoms with Crippen LogP contribution in [0, 0.1) is 0 Å². The Labute approximate surface area is 148 Å². The molecule has 2 aromatic carbocycles. The summed E-state index contributed by atoms with van der Waals surface area (Å²) in [6, 6.07) is 8.65. The molecule has 26 heavy (non-hydrogen) atoms. The van der Waals surface area contributed by atoms with Gasteiger partial charge in [-0.25, -0.2) is 31.3 Å². The number of hydrazine groups is 2. The third kappa shape index (κ3) is 2.58. The normalized spacial score (nSPS) is 11.0. The largest absolute Gasteiger partial charge is 0.395 e. The highest BCUT2D eigenvalue weighted by molar-refractivity contribution is 6.20. The van der Waals surface area contributed by atoms with Gasteiger partial charge in [0.05, 0.1) is 23.5 Å². The molecular weight excluding hydrogens is 338 g/mol. The Morgan fingerprint density at radius 1 is 0.962 bits per heavy atom. The van der Waals surface area contributed by atoms with Crippen molar-refractivity contribution in [2.24, 2.45) is 23.2 Å². The van der Waals surface area contributed by atoms with Gasteiger partial charge < -0.3 is 21.1 Å². The zero-order chi connectivity index (χ0) is 19.0. The van der Waals surface area contributed by atoms with Crippen LogP contribution in [0.2, 0.25) is 0 Å². The summed E-state index contributed by atoms with van der Waals surface area (Å²) in [5.41, 5.74) is 12.5. The summed E-state index contributed by atoms with van der Waals surface area (Å²) in [4.78, 5) is 23.2. The number of rotatable bonds is 4. The van der Waals surface area contributed by atoms with Gasteiger partial charge in [0, 0.05) is 22.8 Å². The summed E-state index contributed by atoms with van der Waals surface area (Å²) in [5.74, 6) is 11.7. The molecule has 136 valence electrons. The van der Waals surface area contributed by atoms with E-state index in [0.29, 0.717) is 22.3 Å². The quantitative estimate of drug-likeness (QED) is 0.256. The summed E-state index contributed by atoms with van der Waals surface area (Å²) in [6.45, 7) is 0.0783. The molecule has 0 aliphatic carbocycles. The van der Waals surface area contributed by atoms with Crippen molar-refractivity contribution in [3.63, 3.8) is 0 Å². The van der Waals surface area contributed by atoms with Gasteiger partial charge in [-0.15, -0.1) is 0 Å². The molecule has 0 radical (unpaired) electrons. The number of benzene rings is 2. The van der Waals surface area contributed by atoms with Crippen LogP contribution >= 0.6 is 0 Å². The molecule has 3 rings (SSSR count). The highest BCUT2D eigenvalue weighted by Gasteiger charge is 2.23. The number of amides is 4. The average Bonchev–Trinajstić information content (AvgIpc) is 2.95. The van der Waals surface area contributed by atoms with E-state index in [1.165, 1.54) is 12.1 Å². The molecule has 3 aromatic rings. The van der Waals surface area contributed by atoms with Crippen LogP contribution in [-0.2, 0) is 6.54 Å². The van der Waals surface area contributed by atoms with E-state index in [4.69, 9.17) is 23.2 Å². The maximum Gasteiger partial charge on any atom is 0.333 e. The molecule has 9 N–H and O–H groups in total. The monoisotopic (exact) mass is 357 g/mol. The minimum absolute atomic E-state index is 0.152. The van der Waals surface area contributed by atoms with Crippen LogP contribution in [0.25, 0.3) is 21.8 Å². The molecule has 1 aromatic heterocycles. The Morgan fingerprint density at radius 3 is 2.15 bits per heavy atom. The number of carbonyl (C=O) groups excluding carboxylic acids is 2. The van der Waals surface area contributed by atoms with Crippen molar-refractivity contribution >= 4 is 45.2 Å². The molecule has 4 amide bonds. The maximum absolute atomic E-state index is 11.6. The van der Waals surface area contributed by atoms with E-state index in [9.17, 15) is 14.7 Å². The molecule has 0 aliphatic rings. The Kier molecular flexibility index (Phi) is 4.38. The number of primary amides is 2. The first-order valence-corrected chi connectivity index (χ1v) is 7.71. The number of para-hydroxylation sites is 1. The third-order valence-corrected chi connectivity index (χ3v) is 4.19. The first-order valence-electron chi connectivity index (χ1n) is 7.71. The Balaban J connectivity index is 2.51. The number of fused-ring (bicyclic) bond motifs is 3. The minimum Gasteiger partial charge on any atom is -0.395 e. The molecule has 0 aliphatic heterocycles. The fourth-order valence-electron chi connectivity index (χ4n) is 3.11. The number of carbonyl (C=O) groups is 2. The second-order valence-corrected chi connectivity index (χ2v) is 5.64. The molecule has 0 bridgehead atoms. The maximum atomic E-state index is 11.6. The van der Waals surface area contributed by atoms with Crippen molar-refractivity contribution in [1.29, 1.82) is 0 Å². The molecule has 0 saturated heterocycles. The Bertz CT molecular complexity index is 1010. The number of urea groups is 2. The van der Waals surface area contributed by atoms with E-state index in [1.807, 2.05) is 24.3 Å². The molecular formula is C16H19N7O3. The average molecular weight is 357 g/mol. The molecule has 0 saturated carbocycles. The molecule has 0 unspecified atom stereocenters. The predicted octanol–water partition coefficient (Wildman–Crippen LogP) is 0.304. The second kappa shape index (κ2) is 6.52. The summed E-state index contributed by atoms with van der Waals surface area (Å²) < 4.78 is 1.78. The molecule has 10 nitrogen and oxygen atoms in total. The molecule has 0 atom stereocenters. The lowest BCUT2D eigenvalue weighted by atomic mass is 10.1. The van der Waals surface area contributed by atoms with E-state index < -0.39 is 12.1 Å². The van der Waals surface area contributed by atoms with Gasteiger partial charge in [0.25, 0.3) is 0 Å². The van der Waals surface area contributed by atoms with Crippen molar-refractivity contribution in [2.75, 3.05) is 16.6 Å². The number of hydrogen-bond acceptors (Lipinski definition) is 5. The number of aromatic nitrogens is 1. The summed E-state index contributed by atoms with van der Waals surface area (Å²) in [5, 5.41) is 12.4. The van der Waals surface area contributed by atoms with E-state index in [1.54, 1.807) is 4.57 Å². The number of aliphatic hydroxyl groups is 1. The highest BCUT2D eigenvalue weighted by Crippen LogP contribution is 2.40. The second-order valence-electron chi connectivity index (χ2n) is 5.64. The Hall–Kier alpha value is -3.34. The predicted molar refractivity (Wildman–Crippen MR) is 99.0 cm³/mol. The number of aliphatic hydroxyl groups excluding tert-OH is 1. The fourth-order valence-corrected chi connectivity index (χ4v) is 3.11. The summed E-state index contributed by atoms with van der Waals surface area (Å²) in [7, 11) is 0. The third-order valence-electron chi connectivity index (χ3n) is 4.19. The molecule has 0 spiro atoms. The Morgan fingerprint density at radius 2 is 1.54 bits per heavy atom. The van der Waals surface area contributed by atoms with Gasteiger partial charge in [-0.05, 0) is 18.2 Å². The van der Waals surface area contributed by atoms with Crippen LogP contribution in [0.3, 0.4) is 0 Å². The van der Waals surface area contributed by atoms with Gasteiger partial charge in [0.1, 0.15) is 0 Å². The van der Waals surface area contributed by atoms with Crippen molar-refractivity contribution in [2.45, 2.75) is 6.54 Å². The first-order chi connectivity index (χ1) is 12.4. The van der Waals surface area contributed by atoms with E-state index in [2.05, 4.69) is 0 Å². The van der Waals surface area contributed by atoms with Crippen LogP contribution in [0.15, 0.2) is 36.4 Å². The van der Waals surface area contributed by atoms with Crippen molar-refractivity contribution in [3.05, 3.63) is 36.4 Å². The van der Waals surface area contributed by atoms with Crippen LogP contribution < -0.4 is 33.2 Å². The van der Waals surface area contributed by atoms with E-state index in [-0.39, 0.29) is 13.2 Å². The lowest BCUT2D eigenvalue weighted by Crippen LogP contribution is -2.43. The standard InChI is InChI=1S/C16H19N7O3/c17-15(25)22(19)11-5-6-12(23(20)16(18)26)14-13(11)9-3-1-2-4-10(9)21(14)7-8-24/h1-6,24H,7-8,19-20H2,(H2,17,25)(H2,18,26).